The number of amides is 1. The predicted molar refractivity (Wildman–Crippen MR) is 127 cm³/mol. The molecule has 4 rings (SSSR count). The first-order valence-electron chi connectivity index (χ1n) is 9.95. The average Bonchev–Trinajstić information content (AvgIpc) is 3.23. The Morgan fingerprint density at radius 3 is 2.26 bits per heavy atom. The van der Waals surface area contributed by atoms with Gasteiger partial charge >= 0.3 is 0 Å². The van der Waals surface area contributed by atoms with E-state index in [9.17, 15) is 4.79 Å². The number of halogens is 1. The van der Waals surface area contributed by atoms with Crippen molar-refractivity contribution in [1.82, 2.24) is 14.8 Å². The third kappa shape index (κ3) is 4.98. The van der Waals surface area contributed by atoms with Crippen LogP contribution in [0.4, 0.5) is 5.69 Å². The van der Waals surface area contributed by atoms with Crippen LogP contribution in [0.15, 0.2) is 90.1 Å². The summed E-state index contributed by atoms with van der Waals surface area (Å²) >= 11 is 7.35. The Morgan fingerprint density at radius 2 is 1.61 bits per heavy atom. The number of nitrogens with one attached hydrogen (secondary N) is 1. The van der Waals surface area contributed by atoms with E-state index in [4.69, 9.17) is 11.6 Å². The Kier molecular flexibility index (Phi) is 6.70. The molecule has 1 amide bonds. The Hall–Kier alpha value is -3.09. The molecule has 0 radical (unpaired) electrons. The number of nitrogens with zero attached hydrogens (tertiary/aromatic N) is 3. The topological polar surface area (TPSA) is 59.8 Å². The maximum atomic E-state index is 12.9. The van der Waals surface area contributed by atoms with Gasteiger partial charge in [-0.05, 0) is 42.8 Å². The van der Waals surface area contributed by atoms with E-state index in [-0.39, 0.29) is 11.2 Å². The van der Waals surface area contributed by atoms with Crippen LogP contribution in [0.2, 0.25) is 5.02 Å². The molecule has 1 N–H and O–H groups in total. The van der Waals surface area contributed by atoms with Crippen LogP contribution in [-0.2, 0) is 4.79 Å². The second-order valence-electron chi connectivity index (χ2n) is 6.85. The van der Waals surface area contributed by atoms with Gasteiger partial charge < -0.3 is 5.32 Å². The summed E-state index contributed by atoms with van der Waals surface area (Å²) < 4.78 is 2.00. The number of rotatable bonds is 7. The second kappa shape index (κ2) is 9.81. The van der Waals surface area contributed by atoms with Crippen LogP contribution in [0.25, 0.3) is 17.1 Å². The summed E-state index contributed by atoms with van der Waals surface area (Å²) in [4.78, 5) is 12.9. The number of thioether (sulfide) groups is 1. The highest BCUT2D eigenvalue weighted by Crippen LogP contribution is 2.31. The van der Waals surface area contributed by atoms with Crippen molar-refractivity contribution < 1.29 is 4.79 Å². The zero-order valence-corrected chi connectivity index (χ0v) is 18.5. The van der Waals surface area contributed by atoms with Crippen LogP contribution in [0, 0.1) is 0 Å². The minimum absolute atomic E-state index is 0.0845. The van der Waals surface area contributed by atoms with Crippen molar-refractivity contribution >= 4 is 35.0 Å². The molecule has 3 aromatic carbocycles. The molecular weight excluding hydrogens is 428 g/mol. The van der Waals surface area contributed by atoms with Crippen LogP contribution >= 0.6 is 23.4 Å². The monoisotopic (exact) mass is 448 g/mol. The summed E-state index contributed by atoms with van der Waals surface area (Å²) in [5, 5.41) is 12.8. The van der Waals surface area contributed by atoms with Gasteiger partial charge in [0.2, 0.25) is 5.91 Å². The van der Waals surface area contributed by atoms with E-state index >= 15 is 0 Å². The molecule has 0 fully saturated rings. The van der Waals surface area contributed by atoms with Crippen LogP contribution in [-0.4, -0.2) is 25.9 Å². The Morgan fingerprint density at radius 1 is 0.968 bits per heavy atom. The van der Waals surface area contributed by atoms with Crippen molar-refractivity contribution in [1.29, 1.82) is 0 Å². The third-order valence-electron chi connectivity index (χ3n) is 4.70. The van der Waals surface area contributed by atoms with Crippen molar-refractivity contribution in [2.75, 3.05) is 5.32 Å². The molecule has 156 valence electrons. The molecule has 7 heteroatoms. The van der Waals surface area contributed by atoms with E-state index < -0.39 is 0 Å². The van der Waals surface area contributed by atoms with Crippen molar-refractivity contribution in [2.24, 2.45) is 0 Å². The van der Waals surface area contributed by atoms with Crippen molar-refractivity contribution in [3.8, 4) is 17.1 Å². The fourth-order valence-electron chi connectivity index (χ4n) is 3.14. The van der Waals surface area contributed by atoms with Gasteiger partial charge in [-0.3, -0.25) is 9.36 Å². The van der Waals surface area contributed by atoms with E-state index in [2.05, 4.69) is 15.5 Å². The zero-order chi connectivity index (χ0) is 21.6. The molecule has 0 aliphatic carbocycles. The number of para-hydroxylation sites is 1. The van der Waals surface area contributed by atoms with E-state index in [0.29, 0.717) is 22.3 Å². The number of anilines is 1. The Balaban J connectivity index is 1.64. The van der Waals surface area contributed by atoms with Gasteiger partial charge in [0.15, 0.2) is 11.0 Å². The molecule has 5 nitrogen and oxygen atoms in total. The highest BCUT2D eigenvalue weighted by atomic mass is 35.5. The number of aromatic nitrogens is 3. The lowest BCUT2D eigenvalue weighted by Gasteiger charge is -2.16. The summed E-state index contributed by atoms with van der Waals surface area (Å²) in [6.07, 6.45) is 0.645. The fraction of sp³-hybridized carbons (Fsp3) is 0.125. The normalized spacial score (nSPS) is 11.8. The van der Waals surface area contributed by atoms with Gasteiger partial charge in [-0.2, -0.15) is 0 Å². The van der Waals surface area contributed by atoms with Gasteiger partial charge in [-0.25, -0.2) is 0 Å². The summed E-state index contributed by atoms with van der Waals surface area (Å²) in [5.74, 6) is 0.654. The first-order valence-corrected chi connectivity index (χ1v) is 11.2. The zero-order valence-electron chi connectivity index (χ0n) is 16.9. The minimum Gasteiger partial charge on any atom is -0.325 e. The van der Waals surface area contributed by atoms with E-state index in [0.717, 1.165) is 17.1 Å². The lowest BCUT2D eigenvalue weighted by Crippen LogP contribution is -2.25. The van der Waals surface area contributed by atoms with Crippen LogP contribution < -0.4 is 5.32 Å². The first kappa shape index (κ1) is 21.2. The van der Waals surface area contributed by atoms with Gasteiger partial charge in [0.05, 0.1) is 5.25 Å². The molecule has 0 aliphatic rings. The van der Waals surface area contributed by atoms with Crippen LogP contribution in [0.5, 0.6) is 0 Å². The number of hydrogen-bond acceptors (Lipinski definition) is 4. The number of hydrogen-bond donors (Lipinski definition) is 1. The second-order valence-corrected chi connectivity index (χ2v) is 8.46. The smallest absolute Gasteiger partial charge is 0.237 e. The highest BCUT2D eigenvalue weighted by Gasteiger charge is 2.24. The van der Waals surface area contributed by atoms with Crippen LogP contribution in [0.1, 0.15) is 13.3 Å². The molecule has 1 aromatic heterocycles. The van der Waals surface area contributed by atoms with Gasteiger partial charge in [0.1, 0.15) is 0 Å². The summed E-state index contributed by atoms with van der Waals surface area (Å²) in [6.45, 7) is 1.99. The lowest BCUT2D eigenvalue weighted by molar-refractivity contribution is -0.115. The van der Waals surface area contributed by atoms with E-state index in [1.165, 1.54) is 11.8 Å². The Labute approximate surface area is 190 Å². The number of carbonyl (C=O) groups is 1. The molecule has 31 heavy (non-hydrogen) atoms. The SMILES string of the molecule is CCC(Sc1nnc(-c2ccccc2)n1-c1ccccc1)C(=O)Nc1ccc(Cl)cc1. The van der Waals surface area contributed by atoms with Crippen LogP contribution in [0.3, 0.4) is 0 Å². The summed E-state index contributed by atoms with van der Waals surface area (Å²) in [6, 6.07) is 26.9. The van der Waals surface area contributed by atoms with Crippen molar-refractivity contribution in [3.05, 3.63) is 90.0 Å². The maximum absolute atomic E-state index is 12.9. The highest BCUT2D eigenvalue weighted by molar-refractivity contribution is 8.00. The molecule has 0 aliphatic heterocycles. The molecule has 1 heterocycles. The lowest BCUT2D eigenvalue weighted by atomic mass is 10.2. The molecule has 0 saturated heterocycles. The quantitative estimate of drug-likeness (QED) is 0.347. The summed E-state index contributed by atoms with van der Waals surface area (Å²) in [7, 11) is 0. The fourth-order valence-corrected chi connectivity index (χ4v) is 4.23. The first-order chi connectivity index (χ1) is 15.2. The molecule has 0 spiro atoms. The third-order valence-corrected chi connectivity index (χ3v) is 6.26. The van der Waals surface area contributed by atoms with Crippen molar-refractivity contribution in [2.45, 2.75) is 23.8 Å². The maximum Gasteiger partial charge on any atom is 0.237 e. The Bertz CT molecular complexity index is 1150. The number of benzene rings is 3. The number of carbonyl (C=O) groups excluding carboxylic acids is 1. The molecular formula is C24H21ClN4OS. The van der Waals surface area contributed by atoms with Gasteiger partial charge in [0, 0.05) is 22.0 Å². The van der Waals surface area contributed by atoms with E-state index in [1.807, 2.05) is 72.2 Å². The van der Waals surface area contributed by atoms with Gasteiger partial charge in [0.25, 0.3) is 0 Å². The molecule has 1 unspecified atom stereocenters. The minimum atomic E-state index is -0.328. The molecule has 4 aromatic rings. The predicted octanol–water partition coefficient (Wildman–Crippen LogP) is 6.10. The summed E-state index contributed by atoms with van der Waals surface area (Å²) in [5.41, 5.74) is 2.62. The average molecular weight is 449 g/mol. The standard InChI is InChI=1S/C24H21ClN4OS/c1-2-21(23(30)26-19-15-13-18(25)14-16-19)31-24-28-27-22(17-9-5-3-6-10-17)29(24)20-11-7-4-8-12-20/h3-16,21H,2H2,1H3,(H,26,30). The van der Waals surface area contributed by atoms with Gasteiger partial charge in [-0.1, -0.05) is 78.8 Å². The van der Waals surface area contributed by atoms with Gasteiger partial charge in [-0.15, -0.1) is 10.2 Å². The van der Waals surface area contributed by atoms with E-state index in [1.54, 1.807) is 24.3 Å². The molecule has 0 saturated carbocycles. The largest absolute Gasteiger partial charge is 0.325 e. The van der Waals surface area contributed by atoms with Crippen molar-refractivity contribution in [3.63, 3.8) is 0 Å². The molecule has 0 bridgehead atoms. The molecule has 1 atom stereocenters.